The summed E-state index contributed by atoms with van der Waals surface area (Å²) in [5, 5.41) is 10.9. The number of hydrogen-bond donors (Lipinski definition) is 0. The molecular formula is C23H24N8O4. The first-order valence-corrected chi connectivity index (χ1v) is 11.5. The normalized spacial score (nSPS) is 22.0. The first kappa shape index (κ1) is 21.7. The Kier molecular flexibility index (Phi) is 5.46. The van der Waals surface area contributed by atoms with Crippen molar-refractivity contribution in [3.63, 3.8) is 0 Å². The molecule has 3 aliphatic rings. The Balaban J connectivity index is 1.07. The molecule has 12 nitrogen and oxygen atoms in total. The van der Waals surface area contributed by atoms with Gasteiger partial charge in [-0.15, -0.1) is 5.10 Å². The van der Waals surface area contributed by atoms with Crippen LogP contribution in [0.5, 0.6) is 0 Å². The molecule has 0 spiro atoms. The molecule has 2 atom stereocenters. The average molecular weight is 476 g/mol. The predicted octanol–water partition coefficient (Wildman–Crippen LogP) is 0.258. The van der Waals surface area contributed by atoms with Gasteiger partial charge in [-0.3, -0.25) is 9.69 Å². The van der Waals surface area contributed by atoms with E-state index in [9.17, 15) is 9.59 Å². The minimum absolute atomic E-state index is 0.0460. The number of hydrogen-bond acceptors (Lipinski definition) is 10. The molecule has 0 bridgehead atoms. The summed E-state index contributed by atoms with van der Waals surface area (Å²) in [5.74, 6) is 0.145. The molecule has 0 N–H and O–H groups in total. The maximum absolute atomic E-state index is 13.0. The molecule has 5 heterocycles. The molecule has 0 aliphatic carbocycles. The highest BCUT2D eigenvalue weighted by Crippen LogP contribution is 2.33. The van der Waals surface area contributed by atoms with Gasteiger partial charge in [-0.05, 0) is 40.1 Å². The van der Waals surface area contributed by atoms with Gasteiger partial charge in [0.15, 0.2) is 0 Å². The summed E-state index contributed by atoms with van der Waals surface area (Å²) in [7, 11) is 0. The standard InChI is InChI=1S/C23H24N8O4/c1-14-17(2-3-18-19(14)12-35-22(18)33)20-10-29-4-5-30(9-16(29)11-34-20)21(32)6-15-7-24-23(25-8-15)31-13-26-27-28-31/h2-3,7-8,13,16,20H,4-6,9-12H2,1H3/t16-,20-/m0/s1. The summed E-state index contributed by atoms with van der Waals surface area (Å²) < 4.78 is 12.8. The van der Waals surface area contributed by atoms with Crippen LogP contribution in [0.1, 0.15) is 38.7 Å². The molecule has 3 aromatic rings. The van der Waals surface area contributed by atoms with Crippen molar-refractivity contribution >= 4 is 11.9 Å². The van der Waals surface area contributed by atoms with Crippen molar-refractivity contribution in [2.75, 3.05) is 32.8 Å². The second-order valence-electron chi connectivity index (χ2n) is 9.02. The fourth-order valence-electron chi connectivity index (χ4n) is 5.01. The van der Waals surface area contributed by atoms with Gasteiger partial charge in [-0.25, -0.2) is 14.8 Å². The van der Waals surface area contributed by atoms with E-state index in [1.807, 2.05) is 24.0 Å². The Labute approximate surface area is 200 Å². The lowest BCUT2D eigenvalue weighted by atomic mass is 9.94. The van der Waals surface area contributed by atoms with Crippen LogP contribution in [0.2, 0.25) is 0 Å². The number of tetrazole rings is 1. The summed E-state index contributed by atoms with van der Waals surface area (Å²) in [6.07, 6.45) is 4.84. The third-order valence-electron chi connectivity index (χ3n) is 7.00. The van der Waals surface area contributed by atoms with Crippen LogP contribution in [0.3, 0.4) is 0 Å². The van der Waals surface area contributed by atoms with E-state index < -0.39 is 0 Å². The average Bonchev–Trinajstić information content (AvgIpc) is 3.55. The van der Waals surface area contributed by atoms with Crippen molar-refractivity contribution in [2.45, 2.75) is 32.1 Å². The molecule has 0 saturated carbocycles. The minimum atomic E-state index is -0.255. The summed E-state index contributed by atoms with van der Waals surface area (Å²) in [5.41, 5.74) is 4.53. The monoisotopic (exact) mass is 476 g/mol. The van der Waals surface area contributed by atoms with Crippen LogP contribution in [0.15, 0.2) is 30.9 Å². The fraction of sp³-hybridized carbons (Fsp3) is 0.435. The molecule has 3 aliphatic heterocycles. The number of aromatic nitrogens is 6. The maximum Gasteiger partial charge on any atom is 0.338 e. The zero-order valence-electron chi connectivity index (χ0n) is 19.2. The van der Waals surface area contributed by atoms with E-state index in [0.29, 0.717) is 37.8 Å². The smallest absolute Gasteiger partial charge is 0.338 e. The summed E-state index contributed by atoms with van der Waals surface area (Å²) >= 11 is 0. The summed E-state index contributed by atoms with van der Waals surface area (Å²) in [6, 6.07) is 3.98. The number of fused-ring (bicyclic) bond motifs is 2. The van der Waals surface area contributed by atoms with Crippen molar-refractivity contribution in [3.8, 4) is 5.95 Å². The van der Waals surface area contributed by atoms with Gasteiger partial charge in [0.25, 0.3) is 5.95 Å². The van der Waals surface area contributed by atoms with Gasteiger partial charge in [0.2, 0.25) is 5.91 Å². The summed E-state index contributed by atoms with van der Waals surface area (Å²) in [4.78, 5) is 37.6. The number of rotatable bonds is 4. The molecule has 180 valence electrons. The highest BCUT2D eigenvalue weighted by molar-refractivity contribution is 5.94. The number of carbonyl (C=O) groups is 2. The third kappa shape index (κ3) is 4.04. The lowest BCUT2D eigenvalue weighted by Gasteiger charge is -2.46. The van der Waals surface area contributed by atoms with Gasteiger partial charge in [0.1, 0.15) is 12.9 Å². The molecule has 35 heavy (non-hydrogen) atoms. The van der Waals surface area contributed by atoms with E-state index in [0.717, 1.165) is 35.3 Å². The van der Waals surface area contributed by atoms with Gasteiger partial charge in [0.05, 0.1) is 30.7 Å². The summed E-state index contributed by atoms with van der Waals surface area (Å²) in [6.45, 7) is 5.74. The molecule has 2 saturated heterocycles. The van der Waals surface area contributed by atoms with Gasteiger partial charge >= 0.3 is 5.97 Å². The number of amides is 1. The Hall–Kier alpha value is -3.77. The van der Waals surface area contributed by atoms with E-state index in [-0.39, 0.29) is 30.4 Å². The molecule has 0 radical (unpaired) electrons. The number of benzene rings is 1. The first-order valence-electron chi connectivity index (χ1n) is 11.5. The van der Waals surface area contributed by atoms with Crippen molar-refractivity contribution in [3.05, 3.63) is 58.7 Å². The highest BCUT2D eigenvalue weighted by Gasteiger charge is 2.36. The topological polar surface area (TPSA) is 128 Å². The fourth-order valence-corrected chi connectivity index (χ4v) is 5.01. The number of esters is 1. The number of carbonyl (C=O) groups excluding carboxylic acids is 2. The number of morpholine rings is 1. The van der Waals surface area contributed by atoms with Gasteiger partial charge in [-0.1, -0.05) is 6.07 Å². The second-order valence-corrected chi connectivity index (χ2v) is 9.02. The number of cyclic esters (lactones) is 1. The first-order chi connectivity index (χ1) is 17.1. The molecule has 2 fully saturated rings. The van der Waals surface area contributed by atoms with Crippen molar-refractivity contribution in [1.82, 2.24) is 40.0 Å². The van der Waals surface area contributed by atoms with Gasteiger partial charge in [0, 0.05) is 44.1 Å². The van der Waals surface area contributed by atoms with Gasteiger partial charge in [-0.2, -0.15) is 4.68 Å². The van der Waals surface area contributed by atoms with Crippen LogP contribution in [-0.2, 0) is 27.3 Å². The lowest BCUT2D eigenvalue weighted by Crippen LogP contribution is -2.59. The number of piperazine rings is 1. The van der Waals surface area contributed by atoms with E-state index >= 15 is 0 Å². The molecule has 6 rings (SSSR count). The Morgan fingerprint density at radius 1 is 1.17 bits per heavy atom. The Morgan fingerprint density at radius 3 is 2.83 bits per heavy atom. The van der Waals surface area contributed by atoms with Crippen molar-refractivity contribution in [1.29, 1.82) is 0 Å². The van der Waals surface area contributed by atoms with Crippen LogP contribution in [0.25, 0.3) is 5.95 Å². The van der Waals surface area contributed by atoms with Crippen LogP contribution >= 0.6 is 0 Å². The predicted molar refractivity (Wildman–Crippen MR) is 119 cm³/mol. The molecule has 0 unspecified atom stereocenters. The van der Waals surface area contributed by atoms with E-state index in [2.05, 4.69) is 30.4 Å². The molecule has 1 aromatic carbocycles. The molecule has 1 amide bonds. The van der Waals surface area contributed by atoms with Crippen LogP contribution in [0, 0.1) is 6.92 Å². The van der Waals surface area contributed by atoms with Gasteiger partial charge < -0.3 is 14.4 Å². The van der Waals surface area contributed by atoms with E-state index in [4.69, 9.17) is 9.47 Å². The molecule has 12 heteroatoms. The lowest BCUT2D eigenvalue weighted by molar-refractivity contribution is -0.139. The van der Waals surface area contributed by atoms with E-state index in [1.165, 1.54) is 11.0 Å². The second kappa shape index (κ2) is 8.78. The quantitative estimate of drug-likeness (QED) is 0.484. The molecular weight excluding hydrogens is 452 g/mol. The Bertz CT molecular complexity index is 1260. The van der Waals surface area contributed by atoms with E-state index in [1.54, 1.807) is 12.4 Å². The molecule has 2 aromatic heterocycles. The number of nitrogens with zero attached hydrogens (tertiary/aromatic N) is 8. The van der Waals surface area contributed by atoms with Crippen molar-refractivity contribution in [2.24, 2.45) is 0 Å². The van der Waals surface area contributed by atoms with Crippen LogP contribution in [0.4, 0.5) is 0 Å². The highest BCUT2D eigenvalue weighted by atomic mass is 16.5. The third-order valence-corrected chi connectivity index (χ3v) is 7.00. The Morgan fingerprint density at radius 2 is 2.03 bits per heavy atom. The zero-order chi connectivity index (χ0) is 23.9. The number of ether oxygens (including phenoxy) is 2. The maximum atomic E-state index is 13.0. The SMILES string of the molecule is Cc1c([C@@H]2CN3CCN(C(=O)Cc4cnc(-n5cnnn5)nc4)C[C@H]3CO2)ccc2c1COC2=O. The van der Waals surface area contributed by atoms with Crippen LogP contribution < -0.4 is 0 Å². The largest absolute Gasteiger partial charge is 0.457 e. The van der Waals surface area contributed by atoms with Crippen LogP contribution in [-0.4, -0.2) is 90.7 Å². The van der Waals surface area contributed by atoms with Crippen molar-refractivity contribution < 1.29 is 19.1 Å². The minimum Gasteiger partial charge on any atom is -0.457 e. The zero-order valence-corrected chi connectivity index (χ0v) is 19.2.